The Hall–Kier alpha value is -0.900. The smallest absolute Gasteiger partial charge is 0.231 e. The van der Waals surface area contributed by atoms with Crippen molar-refractivity contribution >= 4 is 17.2 Å². The number of hydrogen-bond donors (Lipinski definition) is 0. The summed E-state index contributed by atoms with van der Waals surface area (Å²) < 4.78 is 0. The van der Waals surface area contributed by atoms with Crippen molar-refractivity contribution in [2.45, 2.75) is 59.4 Å². The van der Waals surface area contributed by atoms with Gasteiger partial charge in [-0.1, -0.05) is 20.8 Å². The van der Waals surface area contributed by atoms with Gasteiger partial charge < -0.3 is 4.90 Å². The molecule has 0 saturated carbocycles. The van der Waals surface area contributed by atoms with Gasteiger partial charge in [0.25, 0.3) is 0 Å². The molecule has 4 heteroatoms. The number of amides is 1. The molecule has 2 rings (SSSR count). The summed E-state index contributed by atoms with van der Waals surface area (Å²) in [5.74, 6) is 0.180. The van der Waals surface area contributed by atoms with Gasteiger partial charge in [-0.05, 0) is 26.2 Å². The van der Waals surface area contributed by atoms with E-state index < -0.39 is 0 Å². The second-order valence-electron chi connectivity index (χ2n) is 7.37. The molecule has 0 saturated heterocycles. The summed E-state index contributed by atoms with van der Waals surface area (Å²) in [5, 5.41) is 0. The number of aromatic nitrogens is 1. The van der Waals surface area contributed by atoms with E-state index in [0.717, 1.165) is 18.7 Å². The first kappa shape index (κ1) is 14.5. The van der Waals surface area contributed by atoms with Crippen molar-refractivity contribution in [3.63, 3.8) is 0 Å². The number of nitrogens with zero attached hydrogens (tertiary/aromatic N) is 2. The molecule has 1 aliphatic heterocycles. The van der Waals surface area contributed by atoms with Crippen molar-refractivity contribution in [1.29, 1.82) is 0 Å². The van der Waals surface area contributed by atoms with Crippen LogP contribution < -0.4 is 0 Å². The van der Waals surface area contributed by atoms with E-state index in [4.69, 9.17) is 0 Å². The number of fused-ring (bicyclic) bond motifs is 1. The maximum Gasteiger partial charge on any atom is 0.231 e. The van der Waals surface area contributed by atoms with Crippen molar-refractivity contribution in [1.82, 2.24) is 9.88 Å². The molecule has 0 aromatic carbocycles. The lowest BCUT2D eigenvalue weighted by molar-refractivity contribution is -0.139. The summed E-state index contributed by atoms with van der Waals surface area (Å²) in [7, 11) is 0. The van der Waals surface area contributed by atoms with Crippen LogP contribution >= 0.6 is 11.3 Å². The first-order valence-corrected chi connectivity index (χ1v) is 7.74. The molecule has 2 heterocycles. The van der Waals surface area contributed by atoms with Crippen LogP contribution in [0.1, 0.15) is 58.0 Å². The average Bonchev–Trinajstić information content (AvgIpc) is 2.57. The summed E-state index contributed by atoms with van der Waals surface area (Å²) in [4.78, 5) is 20.7. The molecule has 106 valence electrons. The largest absolute Gasteiger partial charge is 0.337 e. The second-order valence-corrected chi connectivity index (χ2v) is 8.26. The fourth-order valence-corrected chi connectivity index (χ4v) is 3.90. The predicted molar refractivity (Wildman–Crippen MR) is 79.5 cm³/mol. The van der Waals surface area contributed by atoms with E-state index in [9.17, 15) is 4.79 Å². The van der Waals surface area contributed by atoms with Crippen LogP contribution in [0.5, 0.6) is 0 Å². The maximum atomic E-state index is 13.0. The third kappa shape index (κ3) is 2.69. The van der Waals surface area contributed by atoms with Gasteiger partial charge in [-0.25, -0.2) is 4.98 Å². The number of rotatable bonds is 0. The summed E-state index contributed by atoms with van der Waals surface area (Å²) in [6.07, 6.45) is 0.869. The van der Waals surface area contributed by atoms with Crippen LogP contribution in [0, 0.1) is 5.41 Å². The zero-order valence-electron chi connectivity index (χ0n) is 12.8. The molecular weight excluding hydrogens is 256 g/mol. The Morgan fingerprint density at radius 1 is 1.26 bits per heavy atom. The molecule has 1 atom stereocenters. The fraction of sp³-hybridized carbons (Fsp3) is 0.733. The van der Waals surface area contributed by atoms with Gasteiger partial charge in [0.05, 0.1) is 17.1 Å². The lowest BCUT2D eigenvalue weighted by Gasteiger charge is -2.39. The Kier molecular flexibility index (Phi) is 3.50. The van der Waals surface area contributed by atoms with Gasteiger partial charge in [-0.15, -0.1) is 11.3 Å². The second kappa shape index (κ2) is 4.58. The quantitative estimate of drug-likeness (QED) is 0.729. The number of carbonyl (C=O) groups excluding carboxylic acids is 1. The van der Waals surface area contributed by atoms with E-state index in [1.807, 2.05) is 10.4 Å². The summed E-state index contributed by atoms with van der Waals surface area (Å²) >= 11 is 1.63. The van der Waals surface area contributed by atoms with Crippen LogP contribution in [0.15, 0.2) is 5.51 Å². The molecule has 1 aromatic heterocycles. The molecule has 3 nitrogen and oxygen atoms in total. The molecule has 1 aromatic rings. The van der Waals surface area contributed by atoms with Crippen molar-refractivity contribution in [2.75, 3.05) is 6.54 Å². The number of thiazole rings is 1. The van der Waals surface area contributed by atoms with E-state index in [2.05, 4.69) is 46.5 Å². The Labute approximate surface area is 120 Å². The average molecular weight is 280 g/mol. The van der Waals surface area contributed by atoms with E-state index >= 15 is 0 Å². The lowest BCUT2D eigenvalue weighted by atomic mass is 9.78. The SMILES string of the molecule is CC(C)(C)C1C(=O)N(C(C)(C)C)CCc2ncsc21. The highest BCUT2D eigenvalue weighted by molar-refractivity contribution is 7.10. The van der Waals surface area contributed by atoms with E-state index in [0.29, 0.717) is 0 Å². The molecule has 0 fully saturated rings. The minimum absolute atomic E-state index is 0.0725. The van der Waals surface area contributed by atoms with Crippen molar-refractivity contribution in [2.24, 2.45) is 5.41 Å². The van der Waals surface area contributed by atoms with Gasteiger partial charge >= 0.3 is 0 Å². The van der Waals surface area contributed by atoms with Crippen LogP contribution in [-0.4, -0.2) is 27.9 Å². The normalized spacial score (nSPS) is 21.3. The molecule has 19 heavy (non-hydrogen) atoms. The van der Waals surface area contributed by atoms with Crippen molar-refractivity contribution in [3.8, 4) is 0 Å². The van der Waals surface area contributed by atoms with Gasteiger partial charge in [0, 0.05) is 23.4 Å². The number of carbonyl (C=O) groups is 1. The first-order valence-electron chi connectivity index (χ1n) is 6.86. The first-order chi connectivity index (χ1) is 8.62. The molecular formula is C15H24N2OS. The molecule has 0 spiro atoms. The third-order valence-electron chi connectivity index (χ3n) is 3.70. The van der Waals surface area contributed by atoms with E-state index in [-0.39, 0.29) is 22.8 Å². The topological polar surface area (TPSA) is 33.2 Å². The van der Waals surface area contributed by atoms with Crippen LogP contribution in [-0.2, 0) is 11.2 Å². The molecule has 0 radical (unpaired) electrons. The Balaban J connectivity index is 2.50. The maximum absolute atomic E-state index is 13.0. The van der Waals surface area contributed by atoms with E-state index in [1.165, 1.54) is 4.88 Å². The summed E-state index contributed by atoms with van der Waals surface area (Å²) in [6, 6.07) is 0. The van der Waals surface area contributed by atoms with Crippen molar-refractivity contribution < 1.29 is 4.79 Å². The summed E-state index contributed by atoms with van der Waals surface area (Å²) in [5.41, 5.74) is 2.79. The van der Waals surface area contributed by atoms with Crippen LogP contribution in [0.25, 0.3) is 0 Å². The van der Waals surface area contributed by atoms with Gasteiger partial charge in [-0.2, -0.15) is 0 Å². The molecule has 1 aliphatic rings. The van der Waals surface area contributed by atoms with Gasteiger partial charge in [-0.3, -0.25) is 4.79 Å². The minimum atomic E-state index is -0.130. The highest BCUT2D eigenvalue weighted by atomic mass is 32.1. The van der Waals surface area contributed by atoms with Crippen LogP contribution in [0.3, 0.4) is 0 Å². The molecule has 1 unspecified atom stereocenters. The van der Waals surface area contributed by atoms with Crippen LogP contribution in [0.4, 0.5) is 0 Å². The third-order valence-corrected chi connectivity index (χ3v) is 4.63. The van der Waals surface area contributed by atoms with E-state index in [1.54, 1.807) is 11.3 Å². The Bertz CT molecular complexity index is 479. The monoisotopic (exact) mass is 280 g/mol. The van der Waals surface area contributed by atoms with Gasteiger partial charge in [0.2, 0.25) is 5.91 Å². The highest BCUT2D eigenvalue weighted by Gasteiger charge is 2.42. The number of hydrogen-bond acceptors (Lipinski definition) is 3. The van der Waals surface area contributed by atoms with Crippen LogP contribution in [0.2, 0.25) is 0 Å². The minimum Gasteiger partial charge on any atom is -0.337 e. The predicted octanol–water partition coefficient (Wildman–Crippen LogP) is 3.46. The zero-order valence-corrected chi connectivity index (χ0v) is 13.6. The molecule has 1 amide bonds. The Morgan fingerprint density at radius 2 is 1.89 bits per heavy atom. The van der Waals surface area contributed by atoms with Gasteiger partial charge in [0.15, 0.2) is 0 Å². The summed E-state index contributed by atoms with van der Waals surface area (Å²) in [6.45, 7) is 13.5. The van der Waals surface area contributed by atoms with Crippen molar-refractivity contribution in [3.05, 3.63) is 16.1 Å². The fourth-order valence-electron chi connectivity index (χ4n) is 2.73. The zero-order chi connectivity index (χ0) is 14.4. The van der Waals surface area contributed by atoms with Gasteiger partial charge in [0.1, 0.15) is 0 Å². The molecule has 0 bridgehead atoms. The highest BCUT2D eigenvalue weighted by Crippen LogP contribution is 2.42. The standard InChI is InChI=1S/C15H24N2OS/c1-14(2,3)11-12-10(16-9-19-12)7-8-17(13(11)18)15(4,5)6/h9,11H,7-8H2,1-6H3. The Morgan fingerprint density at radius 3 is 2.42 bits per heavy atom. The lowest BCUT2D eigenvalue weighted by Crippen LogP contribution is -2.49. The molecule has 0 N–H and O–H groups in total. The molecule has 0 aliphatic carbocycles.